The van der Waals surface area contributed by atoms with Gasteiger partial charge in [0.1, 0.15) is 5.75 Å². The van der Waals surface area contributed by atoms with E-state index >= 15 is 0 Å². The normalized spacial score (nSPS) is 20.2. The summed E-state index contributed by atoms with van der Waals surface area (Å²) >= 11 is 6.10. The number of amides is 2. The second-order valence-corrected chi connectivity index (χ2v) is 9.26. The van der Waals surface area contributed by atoms with Crippen molar-refractivity contribution >= 4 is 38.9 Å². The van der Waals surface area contributed by atoms with Crippen molar-refractivity contribution < 1.29 is 22.7 Å². The quantitative estimate of drug-likeness (QED) is 0.835. The van der Waals surface area contributed by atoms with E-state index in [0.717, 1.165) is 12.8 Å². The van der Waals surface area contributed by atoms with E-state index in [1.807, 2.05) is 0 Å². The molecule has 1 aromatic rings. The summed E-state index contributed by atoms with van der Waals surface area (Å²) in [5.74, 6) is -0.111. The van der Waals surface area contributed by atoms with Gasteiger partial charge in [-0.2, -0.15) is 0 Å². The number of benzene rings is 1. The third-order valence-electron chi connectivity index (χ3n) is 4.60. The number of hydrogen-bond acceptors (Lipinski definition) is 5. The van der Waals surface area contributed by atoms with E-state index in [2.05, 4.69) is 12.2 Å². The topological polar surface area (TPSA) is 92.8 Å². The number of piperidine rings is 1. The molecule has 142 valence electrons. The lowest BCUT2D eigenvalue weighted by Crippen LogP contribution is -2.39. The number of carbonyl (C=O) groups excluding carboxylic acids is 2. The minimum Gasteiger partial charge on any atom is -0.482 e. The number of sulfone groups is 1. The Morgan fingerprint density at radius 1 is 1.42 bits per heavy atom. The minimum absolute atomic E-state index is 0.00593. The maximum Gasteiger partial charge on any atom is 0.262 e. The van der Waals surface area contributed by atoms with Gasteiger partial charge in [-0.15, -0.1) is 0 Å². The molecule has 1 fully saturated rings. The number of halogens is 1. The highest BCUT2D eigenvalue weighted by Crippen LogP contribution is 2.36. The fourth-order valence-electron chi connectivity index (χ4n) is 3.23. The number of nitrogens with one attached hydrogen (secondary N) is 1. The van der Waals surface area contributed by atoms with Crippen molar-refractivity contribution in [1.82, 2.24) is 4.90 Å². The number of anilines is 1. The Bertz CT molecular complexity index is 840. The van der Waals surface area contributed by atoms with Crippen LogP contribution in [0.25, 0.3) is 0 Å². The van der Waals surface area contributed by atoms with Gasteiger partial charge in [-0.3, -0.25) is 9.59 Å². The molecule has 26 heavy (non-hydrogen) atoms. The largest absolute Gasteiger partial charge is 0.482 e. The van der Waals surface area contributed by atoms with Crippen LogP contribution in [0.1, 0.15) is 26.2 Å². The Balaban J connectivity index is 1.72. The molecule has 2 aliphatic heterocycles. The molecule has 2 heterocycles. The van der Waals surface area contributed by atoms with Crippen molar-refractivity contribution in [3.05, 3.63) is 17.2 Å². The number of nitrogens with zero attached hydrogens (tertiary/aromatic N) is 1. The SMILES string of the molecule is C[C@H]1CCCN(C(=O)CCS(=O)(=O)c2cc3c(cc2Cl)NC(=O)CO3)C1. The van der Waals surface area contributed by atoms with Crippen molar-refractivity contribution in [3.8, 4) is 5.75 Å². The van der Waals surface area contributed by atoms with Crippen molar-refractivity contribution in [2.24, 2.45) is 5.92 Å². The lowest BCUT2D eigenvalue weighted by molar-refractivity contribution is -0.132. The Morgan fingerprint density at radius 2 is 2.19 bits per heavy atom. The van der Waals surface area contributed by atoms with Crippen LogP contribution in [-0.4, -0.2) is 50.6 Å². The molecule has 9 heteroatoms. The Kier molecular flexibility index (Phi) is 5.43. The summed E-state index contributed by atoms with van der Waals surface area (Å²) in [4.78, 5) is 25.3. The maximum atomic E-state index is 12.7. The average Bonchev–Trinajstić information content (AvgIpc) is 2.59. The molecule has 0 spiro atoms. The molecule has 2 amide bonds. The monoisotopic (exact) mass is 400 g/mol. The Hall–Kier alpha value is -1.80. The van der Waals surface area contributed by atoms with E-state index in [4.69, 9.17) is 16.3 Å². The zero-order valence-corrected chi connectivity index (χ0v) is 16.0. The summed E-state index contributed by atoms with van der Waals surface area (Å²) in [5.41, 5.74) is 0.337. The number of fused-ring (bicyclic) bond motifs is 1. The van der Waals surface area contributed by atoms with Gasteiger partial charge in [-0.25, -0.2) is 8.42 Å². The molecule has 0 aromatic heterocycles. The second-order valence-electron chi connectivity index (χ2n) is 6.77. The molecule has 7 nitrogen and oxygen atoms in total. The van der Waals surface area contributed by atoms with Gasteiger partial charge in [0, 0.05) is 25.6 Å². The molecule has 0 radical (unpaired) electrons. The summed E-state index contributed by atoms with van der Waals surface area (Å²) in [6.07, 6.45) is 1.95. The average molecular weight is 401 g/mol. The minimum atomic E-state index is -3.76. The summed E-state index contributed by atoms with van der Waals surface area (Å²) < 4.78 is 30.6. The molecule has 1 atom stereocenters. The standard InChI is InChI=1S/C17H21ClN2O5S/c1-11-3-2-5-20(9-11)17(22)4-6-26(23,24)15-8-14-13(7-12(15)18)19-16(21)10-25-14/h7-8,11H,2-6,9-10H2,1H3,(H,19,21)/t11-/m0/s1. The highest BCUT2D eigenvalue weighted by Gasteiger charge is 2.27. The number of hydrogen-bond donors (Lipinski definition) is 1. The van der Waals surface area contributed by atoms with Crippen LogP contribution in [0.2, 0.25) is 5.02 Å². The number of likely N-dealkylation sites (tertiary alicyclic amines) is 1. The van der Waals surface area contributed by atoms with Gasteiger partial charge in [0.25, 0.3) is 5.91 Å². The zero-order valence-electron chi connectivity index (χ0n) is 14.5. The van der Waals surface area contributed by atoms with Gasteiger partial charge in [0.15, 0.2) is 16.4 Å². The highest BCUT2D eigenvalue weighted by atomic mass is 35.5. The van der Waals surface area contributed by atoms with Gasteiger partial charge in [0.05, 0.1) is 21.4 Å². The van der Waals surface area contributed by atoms with E-state index in [9.17, 15) is 18.0 Å². The Morgan fingerprint density at radius 3 is 2.92 bits per heavy atom. The predicted octanol–water partition coefficient (Wildman–Crippen LogP) is 2.09. The van der Waals surface area contributed by atoms with Crippen molar-refractivity contribution in [3.63, 3.8) is 0 Å². The lowest BCUT2D eigenvalue weighted by Gasteiger charge is -2.31. The van der Waals surface area contributed by atoms with E-state index in [-0.39, 0.29) is 46.3 Å². The third kappa shape index (κ3) is 4.12. The van der Waals surface area contributed by atoms with Crippen LogP contribution in [0.15, 0.2) is 17.0 Å². The van der Waals surface area contributed by atoms with Gasteiger partial charge in [-0.1, -0.05) is 18.5 Å². The molecule has 1 N–H and O–H groups in total. The number of carbonyl (C=O) groups is 2. The first kappa shape index (κ1) is 19.0. The highest BCUT2D eigenvalue weighted by molar-refractivity contribution is 7.91. The molecular weight excluding hydrogens is 380 g/mol. The van der Waals surface area contributed by atoms with E-state index in [1.54, 1.807) is 4.90 Å². The molecule has 1 aromatic carbocycles. The van der Waals surface area contributed by atoms with Gasteiger partial charge < -0.3 is 15.0 Å². The molecule has 0 aliphatic carbocycles. The first-order chi connectivity index (χ1) is 12.3. The molecule has 0 saturated carbocycles. The summed E-state index contributed by atoms with van der Waals surface area (Å²) in [6, 6.07) is 2.66. The fraction of sp³-hybridized carbons (Fsp3) is 0.529. The fourth-order valence-corrected chi connectivity index (χ4v) is 5.05. The number of rotatable bonds is 4. The molecule has 0 unspecified atom stereocenters. The van der Waals surface area contributed by atoms with Gasteiger partial charge in [0.2, 0.25) is 5.91 Å². The summed E-state index contributed by atoms with van der Waals surface area (Å²) in [7, 11) is -3.76. The molecular formula is C17H21ClN2O5S. The first-order valence-corrected chi connectivity index (χ1v) is 10.6. The predicted molar refractivity (Wildman–Crippen MR) is 97.2 cm³/mol. The number of ether oxygens (including phenoxy) is 1. The molecule has 1 saturated heterocycles. The van der Waals surface area contributed by atoms with Crippen LogP contribution in [0.3, 0.4) is 0 Å². The van der Waals surface area contributed by atoms with Gasteiger partial charge in [-0.05, 0) is 24.8 Å². The second kappa shape index (κ2) is 7.44. The van der Waals surface area contributed by atoms with Crippen LogP contribution in [0.5, 0.6) is 5.75 Å². The molecule has 3 rings (SSSR count). The van der Waals surface area contributed by atoms with Crippen molar-refractivity contribution in [2.45, 2.75) is 31.1 Å². The van der Waals surface area contributed by atoms with Crippen LogP contribution in [0.4, 0.5) is 5.69 Å². The van der Waals surface area contributed by atoms with E-state index < -0.39 is 9.84 Å². The van der Waals surface area contributed by atoms with E-state index in [0.29, 0.717) is 24.7 Å². The first-order valence-electron chi connectivity index (χ1n) is 8.53. The summed E-state index contributed by atoms with van der Waals surface area (Å²) in [6.45, 7) is 3.25. The van der Waals surface area contributed by atoms with Crippen molar-refractivity contribution in [1.29, 1.82) is 0 Å². The maximum absolute atomic E-state index is 12.7. The third-order valence-corrected chi connectivity index (χ3v) is 6.77. The lowest BCUT2D eigenvalue weighted by atomic mass is 10.0. The van der Waals surface area contributed by atoms with Crippen LogP contribution in [-0.2, 0) is 19.4 Å². The van der Waals surface area contributed by atoms with Crippen LogP contribution >= 0.6 is 11.6 Å². The van der Waals surface area contributed by atoms with Crippen LogP contribution < -0.4 is 10.1 Å². The van der Waals surface area contributed by atoms with Crippen LogP contribution in [0, 0.1) is 5.92 Å². The summed E-state index contributed by atoms with van der Waals surface area (Å²) in [5, 5.41) is 2.57. The Labute approximate surface area is 157 Å². The van der Waals surface area contributed by atoms with Crippen molar-refractivity contribution in [2.75, 3.05) is 30.8 Å². The molecule has 2 aliphatic rings. The zero-order chi connectivity index (χ0) is 18.9. The molecule has 0 bridgehead atoms. The van der Waals surface area contributed by atoms with Gasteiger partial charge >= 0.3 is 0 Å². The van der Waals surface area contributed by atoms with E-state index in [1.165, 1.54) is 12.1 Å². The smallest absolute Gasteiger partial charge is 0.262 e.